The van der Waals surface area contributed by atoms with E-state index in [0.717, 1.165) is 58.9 Å². The minimum atomic E-state index is 0.0412. The standard InChI is InChI=1S/C26H27N5O2S2/c1-33-22-13-7-6-12-21(22)31-23(16-19-10-4-2-5-11-19)28-29-26(31)35-18-24-27-20(17-34-24)25(32)30-14-8-3-9-15-30/h2,4-7,10-13,17H,3,8-9,14-16,18H2,1H3. The second kappa shape index (κ2) is 11.0. The molecule has 3 heterocycles. The van der Waals surface area contributed by atoms with Crippen LogP contribution in [0.15, 0.2) is 65.1 Å². The topological polar surface area (TPSA) is 73.1 Å². The SMILES string of the molecule is COc1ccccc1-n1c(Cc2ccccc2)nnc1SCc1nc(C(=O)N2CCCCC2)cs1. The summed E-state index contributed by atoms with van der Waals surface area (Å²) in [6, 6.07) is 18.1. The van der Waals surface area contributed by atoms with E-state index in [1.165, 1.54) is 17.8 Å². The van der Waals surface area contributed by atoms with Crippen LogP contribution in [0.25, 0.3) is 5.69 Å². The Labute approximate surface area is 213 Å². The number of hydrogen-bond donors (Lipinski definition) is 0. The molecule has 5 rings (SSSR count). The van der Waals surface area contributed by atoms with E-state index in [9.17, 15) is 4.79 Å². The Morgan fingerprint density at radius 2 is 1.80 bits per heavy atom. The van der Waals surface area contributed by atoms with Crippen LogP contribution in [0.1, 0.15) is 46.1 Å². The van der Waals surface area contributed by atoms with Gasteiger partial charge in [0.1, 0.15) is 22.3 Å². The third-order valence-corrected chi connectivity index (χ3v) is 7.94. The molecule has 0 unspecified atom stereocenters. The van der Waals surface area contributed by atoms with Crippen LogP contribution >= 0.6 is 23.1 Å². The highest BCUT2D eigenvalue weighted by atomic mass is 32.2. The molecule has 2 aromatic carbocycles. The molecule has 0 atom stereocenters. The van der Waals surface area contributed by atoms with Gasteiger partial charge in [-0.1, -0.05) is 54.2 Å². The molecular weight excluding hydrogens is 478 g/mol. The largest absolute Gasteiger partial charge is 0.495 e. The molecule has 1 aliphatic heterocycles. The molecule has 2 aromatic heterocycles. The van der Waals surface area contributed by atoms with Gasteiger partial charge in [-0.15, -0.1) is 21.5 Å². The van der Waals surface area contributed by atoms with Crippen LogP contribution < -0.4 is 4.74 Å². The lowest BCUT2D eigenvalue weighted by Crippen LogP contribution is -2.35. The Kier molecular flexibility index (Phi) is 7.44. The highest BCUT2D eigenvalue weighted by molar-refractivity contribution is 7.98. The summed E-state index contributed by atoms with van der Waals surface area (Å²) in [7, 11) is 1.67. The predicted octanol–water partition coefficient (Wildman–Crippen LogP) is 5.24. The number of hydrogen-bond acceptors (Lipinski definition) is 7. The van der Waals surface area contributed by atoms with Gasteiger partial charge >= 0.3 is 0 Å². The fourth-order valence-corrected chi connectivity index (χ4v) is 5.95. The van der Waals surface area contributed by atoms with E-state index in [4.69, 9.17) is 4.74 Å². The summed E-state index contributed by atoms with van der Waals surface area (Å²) < 4.78 is 7.70. The van der Waals surface area contributed by atoms with E-state index in [2.05, 4.69) is 31.9 Å². The lowest BCUT2D eigenvalue weighted by atomic mass is 10.1. The number of amides is 1. The van der Waals surface area contributed by atoms with Gasteiger partial charge < -0.3 is 9.64 Å². The highest BCUT2D eigenvalue weighted by Crippen LogP contribution is 2.31. The lowest BCUT2D eigenvalue weighted by molar-refractivity contribution is 0.0719. The van der Waals surface area contributed by atoms with Gasteiger partial charge in [0.05, 0.1) is 18.6 Å². The van der Waals surface area contributed by atoms with Crippen molar-refractivity contribution in [2.45, 2.75) is 36.6 Å². The zero-order valence-electron chi connectivity index (χ0n) is 19.6. The minimum absolute atomic E-state index is 0.0412. The van der Waals surface area contributed by atoms with Crippen molar-refractivity contribution in [2.24, 2.45) is 0 Å². The molecule has 0 saturated carbocycles. The zero-order valence-corrected chi connectivity index (χ0v) is 21.2. The Balaban J connectivity index is 1.38. The van der Waals surface area contributed by atoms with Gasteiger partial charge in [-0.2, -0.15) is 0 Å². The fourth-order valence-electron chi connectivity index (χ4n) is 4.20. The van der Waals surface area contributed by atoms with E-state index in [1.54, 1.807) is 18.9 Å². The second-order valence-electron chi connectivity index (χ2n) is 8.34. The number of rotatable bonds is 8. The van der Waals surface area contributed by atoms with Crippen molar-refractivity contribution in [3.63, 3.8) is 0 Å². The number of nitrogens with zero attached hydrogens (tertiary/aromatic N) is 5. The average molecular weight is 506 g/mol. The Hall–Kier alpha value is -3.17. The van der Waals surface area contributed by atoms with Crippen molar-refractivity contribution in [3.05, 3.63) is 82.1 Å². The number of methoxy groups -OCH3 is 1. The maximum absolute atomic E-state index is 12.8. The lowest BCUT2D eigenvalue weighted by Gasteiger charge is -2.25. The number of para-hydroxylation sites is 2. The molecule has 4 aromatic rings. The molecular formula is C26H27N5O2S2. The van der Waals surface area contributed by atoms with Crippen LogP contribution in [0.3, 0.4) is 0 Å². The number of carbonyl (C=O) groups excluding carboxylic acids is 1. The first-order valence-electron chi connectivity index (χ1n) is 11.7. The van der Waals surface area contributed by atoms with Gasteiger partial charge in [-0.3, -0.25) is 9.36 Å². The van der Waals surface area contributed by atoms with Gasteiger partial charge in [0.15, 0.2) is 5.16 Å². The Morgan fingerprint density at radius 3 is 2.60 bits per heavy atom. The number of thioether (sulfide) groups is 1. The normalized spacial score (nSPS) is 13.7. The average Bonchev–Trinajstić information content (AvgIpc) is 3.55. The van der Waals surface area contributed by atoms with Crippen LogP contribution in [0.2, 0.25) is 0 Å². The molecule has 35 heavy (non-hydrogen) atoms. The number of piperidine rings is 1. The summed E-state index contributed by atoms with van der Waals surface area (Å²) in [5, 5.41) is 12.6. The highest BCUT2D eigenvalue weighted by Gasteiger charge is 2.22. The molecule has 0 radical (unpaired) electrons. The number of likely N-dealkylation sites (tertiary alicyclic amines) is 1. The van der Waals surface area contributed by atoms with Crippen molar-refractivity contribution < 1.29 is 9.53 Å². The van der Waals surface area contributed by atoms with E-state index < -0.39 is 0 Å². The van der Waals surface area contributed by atoms with Gasteiger partial charge in [-0.25, -0.2) is 4.98 Å². The third-order valence-electron chi connectivity index (χ3n) is 5.97. The van der Waals surface area contributed by atoms with E-state index in [1.807, 2.05) is 52.7 Å². The van der Waals surface area contributed by atoms with Crippen molar-refractivity contribution in [2.75, 3.05) is 20.2 Å². The van der Waals surface area contributed by atoms with Crippen LogP contribution in [-0.4, -0.2) is 50.8 Å². The molecule has 0 aliphatic carbocycles. The van der Waals surface area contributed by atoms with Crippen molar-refractivity contribution >= 4 is 29.0 Å². The van der Waals surface area contributed by atoms with Gasteiger partial charge in [-0.05, 0) is 37.0 Å². The maximum Gasteiger partial charge on any atom is 0.273 e. The van der Waals surface area contributed by atoms with Gasteiger partial charge in [0.2, 0.25) is 0 Å². The number of thiazole rings is 1. The monoisotopic (exact) mass is 505 g/mol. The van der Waals surface area contributed by atoms with Gasteiger partial charge in [0.25, 0.3) is 5.91 Å². The smallest absolute Gasteiger partial charge is 0.273 e. The van der Waals surface area contributed by atoms with E-state index in [0.29, 0.717) is 17.9 Å². The van der Waals surface area contributed by atoms with Crippen LogP contribution in [-0.2, 0) is 12.2 Å². The summed E-state index contributed by atoms with van der Waals surface area (Å²) in [5.41, 5.74) is 2.60. The van der Waals surface area contributed by atoms with Crippen LogP contribution in [0, 0.1) is 0 Å². The summed E-state index contributed by atoms with van der Waals surface area (Å²) in [6.45, 7) is 1.65. The molecule has 9 heteroatoms. The van der Waals surface area contributed by atoms with E-state index >= 15 is 0 Å². The molecule has 1 amide bonds. The fraction of sp³-hybridized carbons (Fsp3) is 0.308. The maximum atomic E-state index is 12.8. The summed E-state index contributed by atoms with van der Waals surface area (Å²) in [5.74, 6) is 2.24. The third kappa shape index (κ3) is 5.41. The Bertz CT molecular complexity index is 1280. The molecule has 180 valence electrons. The van der Waals surface area contributed by atoms with Crippen LogP contribution in [0.5, 0.6) is 5.75 Å². The molecule has 7 nitrogen and oxygen atoms in total. The first-order chi connectivity index (χ1) is 17.2. The van der Waals surface area contributed by atoms with Crippen molar-refractivity contribution in [1.29, 1.82) is 0 Å². The number of ether oxygens (including phenoxy) is 1. The second-order valence-corrected chi connectivity index (χ2v) is 10.2. The first kappa shape index (κ1) is 23.6. The quantitative estimate of drug-likeness (QED) is 0.305. The zero-order chi connectivity index (χ0) is 24.0. The molecule has 1 fully saturated rings. The number of aromatic nitrogens is 4. The van der Waals surface area contributed by atoms with Crippen molar-refractivity contribution in [1.82, 2.24) is 24.6 Å². The molecule has 0 bridgehead atoms. The summed E-state index contributed by atoms with van der Waals surface area (Å²) in [6.07, 6.45) is 3.99. The molecule has 1 saturated heterocycles. The summed E-state index contributed by atoms with van der Waals surface area (Å²) in [4.78, 5) is 19.4. The van der Waals surface area contributed by atoms with E-state index in [-0.39, 0.29) is 5.91 Å². The minimum Gasteiger partial charge on any atom is -0.495 e. The summed E-state index contributed by atoms with van der Waals surface area (Å²) >= 11 is 3.08. The Morgan fingerprint density at radius 1 is 1.03 bits per heavy atom. The number of carbonyl (C=O) groups is 1. The molecule has 0 spiro atoms. The van der Waals surface area contributed by atoms with Gasteiger partial charge in [0, 0.05) is 24.9 Å². The molecule has 0 N–H and O–H groups in total. The predicted molar refractivity (Wildman–Crippen MR) is 139 cm³/mol. The number of benzene rings is 2. The van der Waals surface area contributed by atoms with Crippen LogP contribution in [0.4, 0.5) is 0 Å². The molecule has 1 aliphatic rings. The van der Waals surface area contributed by atoms with Crippen molar-refractivity contribution in [3.8, 4) is 11.4 Å². The first-order valence-corrected chi connectivity index (χ1v) is 13.6.